The van der Waals surface area contributed by atoms with E-state index in [1.807, 2.05) is 0 Å². The fourth-order valence-corrected chi connectivity index (χ4v) is 11.6. The van der Waals surface area contributed by atoms with E-state index in [4.69, 9.17) is 0 Å². The van der Waals surface area contributed by atoms with Crippen LogP contribution in [0.5, 0.6) is 0 Å². The molecule has 0 aromatic rings. The number of hydrogen-bond acceptors (Lipinski definition) is 3. The minimum absolute atomic E-state index is 0.0239. The van der Waals surface area contributed by atoms with Crippen LogP contribution in [0.4, 0.5) is 0 Å². The highest BCUT2D eigenvalue weighted by Gasteiger charge is 2.74. The highest BCUT2D eigenvalue weighted by atomic mass is 16.4. The Bertz CT molecular complexity index is 894. The molecule has 0 unspecified atom stereocenters. The summed E-state index contributed by atoms with van der Waals surface area (Å²) >= 11 is 0. The number of aliphatic hydroxyl groups is 2. The van der Waals surface area contributed by atoms with E-state index < -0.39 is 17.5 Å². The quantitative estimate of drug-likeness (QED) is 0.427. The van der Waals surface area contributed by atoms with Crippen LogP contribution in [0.15, 0.2) is 12.2 Å². The molecule has 0 aliphatic heterocycles. The van der Waals surface area contributed by atoms with Crippen molar-refractivity contribution in [3.05, 3.63) is 12.2 Å². The highest BCUT2D eigenvalue weighted by Crippen LogP contribution is 2.77. The molecule has 0 bridgehead atoms. The van der Waals surface area contributed by atoms with Crippen LogP contribution in [0, 0.1) is 56.7 Å². The van der Waals surface area contributed by atoms with Gasteiger partial charge in [0.2, 0.25) is 0 Å². The lowest BCUT2D eigenvalue weighted by atomic mass is 9.32. The smallest absolute Gasteiger partial charge is 0.312 e. The third-order valence-corrected chi connectivity index (χ3v) is 13.5. The van der Waals surface area contributed by atoms with Crippen molar-refractivity contribution in [1.82, 2.24) is 0 Å². The summed E-state index contributed by atoms with van der Waals surface area (Å²) in [5, 5.41) is 33.1. The van der Waals surface area contributed by atoms with Gasteiger partial charge in [0.05, 0.1) is 17.6 Å². The van der Waals surface area contributed by atoms with Crippen molar-refractivity contribution in [2.24, 2.45) is 56.7 Å². The first kappa shape index (κ1) is 24.8. The summed E-state index contributed by atoms with van der Waals surface area (Å²) in [6, 6.07) is 0. The molecule has 5 fully saturated rings. The summed E-state index contributed by atoms with van der Waals surface area (Å²) in [7, 11) is 0. The average Bonchev–Trinajstić information content (AvgIpc) is 3.14. The Kier molecular flexibility index (Phi) is 5.36. The van der Waals surface area contributed by atoms with Crippen molar-refractivity contribution in [3.63, 3.8) is 0 Å². The van der Waals surface area contributed by atoms with Gasteiger partial charge >= 0.3 is 5.97 Å². The minimum atomic E-state index is -1.02. The fourth-order valence-electron chi connectivity index (χ4n) is 11.6. The van der Waals surface area contributed by atoms with Crippen molar-refractivity contribution in [1.29, 1.82) is 0 Å². The molecule has 11 atom stereocenters. The lowest BCUT2D eigenvalue weighted by Crippen LogP contribution is -2.69. The summed E-state index contributed by atoms with van der Waals surface area (Å²) in [5.41, 5.74) is 0.149. The van der Waals surface area contributed by atoms with Crippen LogP contribution in [-0.4, -0.2) is 33.5 Å². The molecule has 0 amide bonds. The third-order valence-electron chi connectivity index (χ3n) is 13.5. The van der Waals surface area contributed by atoms with Gasteiger partial charge in [0, 0.05) is 0 Å². The minimum Gasteiger partial charge on any atom is -0.481 e. The third kappa shape index (κ3) is 2.71. The molecule has 0 saturated heterocycles. The monoisotopic (exact) mass is 472 g/mol. The topological polar surface area (TPSA) is 77.8 Å². The number of carboxylic acid groups (broad SMARTS) is 1. The second-order valence-electron chi connectivity index (χ2n) is 14.6. The van der Waals surface area contributed by atoms with Crippen LogP contribution in [0.25, 0.3) is 0 Å². The van der Waals surface area contributed by atoms with E-state index in [2.05, 4.69) is 48.1 Å². The second kappa shape index (κ2) is 7.34. The van der Waals surface area contributed by atoms with Gasteiger partial charge in [-0.05, 0) is 116 Å². The van der Waals surface area contributed by atoms with Crippen molar-refractivity contribution in [2.75, 3.05) is 0 Å². The molecule has 5 aliphatic carbocycles. The highest BCUT2D eigenvalue weighted by molar-refractivity contribution is 5.77. The van der Waals surface area contributed by atoms with Crippen LogP contribution in [0.3, 0.4) is 0 Å². The Morgan fingerprint density at radius 2 is 1.50 bits per heavy atom. The first-order valence-corrected chi connectivity index (χ1v) is 13.9. The number of carboxylic acids is 1. The molecule has 0 aromatic heterocycles. The summed E-state index contributed by atoms with van der Waals surface area (Å²) in [6.07, 6.45) is 7.34. The molecule has 4 nitrogen and oxygen atoms in total. The molecule has 192 valence electrons. The fraction of sp³-hybridized carbons (Fsp3) is 0.900. The predicted octanol–water partition coefficient (Wildman–Crippen LogP) is 6.06. The molecule has 0 radical (unpaired) electrons. The summed E-state index contributed by atoms with van der Waals surface area (Å²) in [5.74, 6) is 0.723. The average molecular weight is 473 g/mol. The number of aliphatic hydroxyl groups excluding tert-OH is 2. The molecular weight excluding hydrogens is 424 g/mol. The Morgan fingerprint density at radius 3 is 2.12 bits per heavy atom. The van der Waals surface area contributed by atoms with Crippen LogP contribution < -0.4 is 0 Å². The molecule has 4 heteroatoms. The van der Waals surface area contributed by atoms with Crippen LogP contribution in [0.2, 0.25) is 0 Å². The van der Waals surface area contributed by atoms with Crippen molar-refractivity contribution >= 4 is 5.97 Å². The molecular formula is C30H48O4. The summed E-state index contributed by atoms with van der Waals surface area (Å²) < 4.78 is 0. The van der Waals surface area contributed by atoms with Crippen molar-refractivity contribution in [3.8, 4) is 0 Å². The Morgan fingerprint density at radius 1 is 0.824 bits per heavy atom. The standard InChI is InChI=1S/C30H48O4/c1-17(2)18-10-15-30(25(33)34)23(32)16-29(7)19(24(18)30)8-9-21-27(5)13-12-22(31)26(3,4)20(27)11-14-28(21,29)6/h18-24,31-32H,1,8-16H2,2-7H3,(H,33,34)/t18-,19+,20-,21+,22-,23-,24+,27-,28+,29+,30-/m0/s1. The van der Waals surface area contributed by atoms with Gasteiger partial charge in [-0.3, -0.25) is 4.79 Å². The maximum absolute atomic E-state index is 12.8. The van der Waals surface area contributed by atoms with Gasteiger partial charge < -0.3 is 15.3 Å². The van der Waals surface area contributed by atoms with E-state index in [0.717, 1.165) is 50.5 Å². The number of allylic oxidation sites excluding steroid dienone is 1. The first-order chi connectivity index (χ1) is 15.7. The molecule has 34 heavy (non-hydrogen) atoms. The molecule has 0 heterocycles. The molecule has 3 N–H and O–H groups in total. The van der Waals surface area contributed by atoms with E-state index in [-0.39, 0.29) is 39.6 Å². The number of hydrogen-bond donors (Lipinski definition) is 3. The molecule has 5 aliphatic rings. The normalized spacial score (nSPS) is 55.9. The van der Waals surface area contributed by atoms with Gasteiger partial charge in [0.25, 0.3) is 0 Å². The lowest BCUT2D eigenvalue weighted by molar-refractivity contribution is -0.263. The van der Waals surface area contributed by atoms with E-state index >= 15 is 0 Å². The van der Waals surface area contributed by atoms with Gasteiger partial charge in [0.1, 0.15) is 0 Å². The van der Waals surface area contributed by atoms with Crippen LogP contribution >= 0.6 is 0 Å². The zero-order chi connectivity index (χ0) is 25.1. The maximum Gasteiger partial charge on any atom is 0.312 e. The van der Waals surface area contributed by atoms with Gasteiger partial charge in [-0.2, -0.15) is 0 Å². The zero-order valence-corrected chi connectivity index (χ0v) is 22.4. The van der Waals surface area contributed by atoms with Gasteiger partial charge in [-0.1, -0.05) is 46.8 Å². The number of carbonyl (C=O) groups is 1. The van der Waals surface area contributed by atoms with E-state index in [1.165, 1.54) is 0 Å². The predicted molar refractivity (Wildman–Crippen MR) is 134 cm³/mol. The summed E-state index contributed by atoms with van der Waals surface area (Å²) in [4.78, 5) is 12.8. The molecule has 0 spiro atoms. The van der Waals surface area contributed by atoms with Crippen molar-refractivity contribution in [2.45, 2.75) is 112 Å². The van der Waals surface area contributed by atoms with E-state index in [1.54, 1.807) is 0 Å². The largest absolute Gasteiger partial charge is 0.481 e. The summed E-state index contributed by atoms with van der Waals surface area (Å²) in [6.45, 7) is 18.3. The van der Waals surface area contributed by atoms with E-state index in [9.17, 15) is 20.1 Å². The maximum atomic E-state index is 12.8. The second-order valence-corrected chi connectivity index (χ2v) is 14.6. The SMILES string of the molecule is C=C(C)[C@@H]1CC[C@@]2(C(=O)O)[C@H]1[C@H]1CC[C@@H]3[C@@]4(C)CC[C@H](O)C(C)(C)[C@@H]4CC[C@@]3(C)[C@]1(C)C[C@@H]2O. The first-order valence-electron chi connectivity index (χ1n) is 13.9. The van der Waals surface area contributed by atoms with Crippen molar-refractivity contribution < 1.29 is 20.1 Å². The van der Waals surface area contributed by atoms with Gasteiger partial charge in [0.15, 0.2) is 0 Å². The number of fused-ring (bicyclic) bond motifs is 7. The van der Waals surface area contributed by atoms with E-state index in [0.29, 0.717) is 30.6 Å². The van der Waals surface area contributed by atoms with Crippen LogP contribution in [-0.2, 0) is 4.79 Å². The Balaban J connectivity index is 1.60. The Labute approximate surface area is 206 Å². The lowest BCUT2D eigenvalue weighted by Gasteiger charge is -2.73. The van der Waals surface area contributed by atoms with Gasteiger partial charge in [-0.15, -0.1) is 0 Å². The van der Waals surface area contributed by atoms with Crippen LogP contribution in [0.1, 0.15) is 99.3 Å². The number of aliphatic carboxylic acids is 1. The molecule has 5 rings (SSSR count). The van der Waals surface area contributed by atoms with Gasteiger partial charge in [-0.25, -0.2) is 0 Å². The Hall–Kier alpha value is -0.870. The molecule has 0 aromatic carbocycles. The number of rotatable bonds is 2. The zero-order valence-electron chi connectivity index (χ0n) is 22.4. The molecule has 5 saturated carbocycles.